The van der Waals surface area contributed by atoms with Gasteiger partial charge in [0.15, 0.2) is 0 Å². The minimum Gasteiger partial charge on any atom is -0.368 e. The molecule has 0 radical (unpaired) electrons. The van der Waals surface area contributed by atoms with Gasteiger partial charge in [-0.25, -0.2) is 0 Å². The fourth-order valence-electron chi connectivity index (χ4n) is 1.94. The summed E-state index contributed by atoms with van der Waals surface area (Å²) in [7, 11) is 1.79. The zero-order valence-electron chi connectivity index (χ0n) is 10.0. The Hall–Kier alpha value is -2.21. The fraction of sp³-hybridized carbons (Fsp3) is 0.250. The second kappa shape index (κ2) is 4.97. The molecule has 1 aromatic carbocycles. The van der Waals surface area contributed by atoms with Crippen LogP contribution in [-0.4, -0.2) is 30.0 Å². The monoisotopic (exact) mass is 246 g/mol. The fourth-order valence-corrected chi connectivity index (χ4v) is 1.94. The maximum Gasteiger partial charge on any atom is 0.301 e. The van der Waals surface area contributed by atoms with Crippen molar-refractivity contribution >= 4 is 22.3 Å². The second-order valence-corrected chi connectivity index (χ2v) is 3.97. The lowest BCUT2D eigenvalue weighted by Gasteiger charge is -2.18. The van der Waals surface area contributed by atoms with Crippen molar-refractivity contribution in [2.45, 2.75) is 0 Å². The van der Waals surface area contributed by atoms with Crippen LogP contribution in [0.15, 0.2) is 30.5 Å². The molecule has 0 atom stereocenters. The SMILES string of the molecule is CN(CCN)c1ccc2ncccc2c1[N+](=O)[O-]. The number of hydrogen-bond acceptors (Lipinski definition) is 5. The number of benzene rings is 1. The molecule has 0 saturated carbocycles. The Morgan fingerprint density at radius 2 is 2.22 bits per heavy atom. The van der Waals surface area contributed by atoms with Gasteiger partial charge in [0.05, 0.1) is 15.8 Å². The summed E-state index contributed by atoms with van der Waals surface area (Å²) in [5, 5.41) is 11.8. The van der Waals surface area contributed by atoms with E-state index < -0.39 is 0 Å². The van der Waals surface area contributed by atoms with Crippen LogP contribution in [0.25, 0.3) is 10.9 Å². The molecule has 0 fully saturated rings. The Balaban J connectivity index is 2.66. The highest BCUT2D eigenvalue weighted by molar-refractivity contribution is 5.94. The molecule has 0 amide bonds. The number of nitrogens with two attached hydrogens (primary N) is 1. The molecule has 6 heteroatoms. The van der Waals surface area contributed by atoms with Crippen molar-refractivity contribution in [2.24, 2.45) is 5.73 Å². The van der Waals surface area contributed by atoms with E-state index in [9.17, 15) is 10.1 Å². The van der Waals surface area contributed by atoms with E-state index in [0.29, 0.717) is 29.7 Å². The number of nitrogens with zero attached hydrogens (tertiary/aromatic N) is 3. The van der Waals surface area contributed by atoms with Gasteiger partial charge in [0.25, 0.3) is 0 Å². The predicted molar refractivity (Wildman–Crippen MR) is 70.7 cm³/mol. The molecule has 6 nitrogen and oxygen atoms in total. The van der Waals surface area contributed by atoms with Gasteiger partial charge in [-0.05, 0) is 24.3 Å². The summed E-state index contributed by atoms with van der Waals surface area (Å²) in [6, 6.07) is 6.90. The molecule has 0 aliphatic carbocycles. The third kappa shape index (κ3) is 2.10. The van der Waals surface area contributed by atoms with E-state index >= 15 is 0 Å². The number of aromatic nitrogens is 1. The average molecular weight is 246 g/mol. The topological polar surface area (TPSA) is 85.3 Å². The summed E-state index contributed by atoms with van der Waals surface area (Å²) < 4.78 is 0. The molecule has 94 valence electrons. The molecule has 0 aliphatic heterocycles. The number of nitro benzene ring substituents is 1. The van der Waals surface area contributed by atoms with E-state index in [0.717, 1.165) is 0 Å². The summed E-state index contributed by atoms with van der Waals surface area (Å²) in [4.78, 5) is 16.8. The van der Waals surface area contributed by atoms with E-state index in [-0.39, 0.29) is 10.6 Å². The molecule has 1 aromatic heterocycles. The maximum absolute atomic E-state index is 11.3. The maximum atomic E-state index is 11.3. The molecular formula is C12H14N4O2. The van der Waals surface area contributed by atoms with Crippen LogP contribution in [0.2, 0.25) is 0 Å². The van der Waals surface area contributed by atoms with Crippen LogP contribution in [-0.2, 0) is 0 Å². The third-order valence-electron chi connectivity index (χ3n) is 2.79. The summed E-state index contributed by atoms with van der Waals surface area (Å²) in [6.07, 6.45) is 1.62. The molecule has 2 aromatic rings. The van der Waals surface area contributed by atoms with Crippen LogP contribution < -0.4 is 10.6 Å². The first-order chi connectivity index (χ1) is 8.65. The molecule has 0 bridgehead atoms. The largest absolute Gasteiger partial charge is 0.368 e. The standard InChI is InChI=1S/C12H14N4O2/c1-15(8-6-13)11-5-4-10-9(3-2-7-14-10)12(11)16(17)18/h2-5,7H,6,8,13H2,1H3. The van der Waals surface area contributed by atoms with Crippen molar-refractivity contribution < 1.29 is 4.92 Å². The van der Waals surface area contributed by atoms with E-state index in [1.165, 1.54) is 0 Å². The van der Waals surface area contributed by atoms with E-state index in [1.807, 2.05) is 0 Å². The van der Waals surface area contributed by atoms with Crippen LogP contribution in [0.1, 0.15) is 0 Å². The molecule has 0 spiro atoms. The van der Waals surface area contributed by atoms with Crippen molar-refractivity contribution in [1.82, 2.24) is 4.98 Å². The van der Waals surface area contributed by atoms with E-state index in [2.05, 4.69) is 4.98 Å². The highest BCUT2D eigenvalue weighted by atomic mass is 16.6. The predicted octanol–water partition coefficient (Wildman–Crippen LogP) is 1.54. The van der Waals surface area contributed by atoms with Crippen molar-refractivity contribution in [3.8, 4) is 0 Å². The number of anilines is 1. The van der Waals surface area contributed by atoms with Crippen molar-refractivity contribution in [3.63, 3.8) is 0 Å². The Morgan fingerprint density at radius 3 is 2.89 bits per heavy atom. The Bertz CT molecular complexity index is 585. The van der Waals surface area contributed by atoms with Gasteiger partial charge in [0.1, 0.15) is 5.69 Å². The number of fused-ring (bicyclic) bond motifs is 1. The molecular weight excluding hydrogens is 232 g/mol. The summed E-state index contributed by atoms with van der Waals surface area (Å²) >= 11 is 0. The first-order valence-corrected chi connectivity index (χ1v) is 5.58. The van der Waals surface area contributed by atoms with Gasteiger partial charge in [-0.3, -0.25) is 15.1 Å². The molecule has 0 saturated heterocycles. The Morgan fingerprint density at radius 1 is 1.44 bits per heavy atom. The number of hydrogen-bond donors (Lipinski definition) is 1. The van der Waals surface area contributed by atoms with Crippen LogP contribution >= 0.6 is 0 Å². The molecule has 2 N–H and O–H groups in total. The van der Waals surface area contributed by atoms with Crippen molar-refractivity contribution in [3.05, 3.63) is 40.6 Å². The highest BCUT2D eigenvalue weighted by Crippen LogP contribution is 2.34. The molecule has 1 heterocycles. The van der Waals surface area contributed by atoms with Crippen LogP contribution in [0.5, 0.6) is 0 Å². The number of pyridine rings is 1. The van der Waals surface area contributed by atoms with E-state index in [1.54, 1.807) is 42.4 Å². The van der Waals surface area contributed by atoms with Crippen molar-refractivity contribution in [2.75, 3.05) is 25.0 Å². The van der Waals surface area contributed by atoms with Gasteiger partial charge in [0.2, 0.25) is 0 Å². The highest BCUT2D eigenvalue weighted by Gasteiger charge is 2.20. The minimum atomic E-state index is -0.369. The third-order valence-corrected chi connectivity index (χ3v) is 2.79. The number of nitro groups is 1. The summed E-state index contributed by atoms with van der Waals surface area (Å²) in [6.45, 7) is 1.01. The molecule has 0 unspecified atom stereocenters. The number of likely N-dealkylation sites (N-methyl/N-ethyl adjacent to an activating group) is 1. The first kappa shape index (κ1) is 12.3. The van der Waals surface area contributed by atoms with Crippen LogP contribution in [0.4, 0.5) is 11.4 Å². The van der Waals surface area contributed by atoms with Gasteiger partial charge in [-0.1, -0.05) is 0 Å². The van der Waals surface area contributed by atoms with Gasteiger partial charge in [-0.2, -0.15) is 0 Å². The van der Waals surface area contributed by atoms with Crippen molar-refractivity contribution in [1.29, 1.82) is 0 Å². The smallest absolute Gasteiger partial charge is 0.301 e. The lowest BCUT2D eigenvalue weighted by Crippen LogP contribution is -2.25. The zero-order valence-corrected chi connectivity index (χ0v) is 10.0. The van der Waals surface area contributed by atoms with Crippen LogP contribution in [0.3, 0.4) is 0 Å². The Kier molecular flexibility index (Phi) is 3.38. The Labute approximate surface area is 104 Å². The number of rotatable bonds is 4. The summed E-state index contributed by atoms with van der Waals surface area (Å²) in [5.74, 6) is 0. The quantitative estimate of drug-likeness (QED) is 0.653. The summed E-state index contributed by atoms with van der Waals surface area (Å²) in [5.41, 5.74) is 6.74. The molecule has 0 aliphatic rings. The normalized spacial score (nSPS) is 10.6. The average Bonchev–Trinajstić information content (AvgIpc) is 2.37. The van der Waals surface area contributed by atoms with Gasteiger partial charge >= 0.3 is 5.69 Å². The molecule has 2 rings (SSSR count). The lowest BCUT2D eigenvalue weighted by atomic mass is 10.1. The van der Waals surface area contributed by atoms with Gasteiger partial charge < -0.3 is 10.6 Å². The van der Waals surface area contributed by atoms with Gasteiger partial charge in [-0.15, -0.1) is 0 Å². The van der Waals surface area contributed by atoms with E-state index in [4.69, 9.17) is 5.73 Å². The molecule has 18 heavy (non-hydrogen) atoms. The minimum absolute atomic E-state index is 0.0801. The second-order valence-electron chi connectivity index (χ2n) is 3.97. The van der Waals surface area contributed by atoms with Crippen LogP contribution in [0, 0.1) is 10.1 Å². The zero-order chi connectivity index (χ0) is 13.1. The first-order valence-electron chi connectivity index (χ1n) is 5.58. The van der Waals surface area contributed by atoms with Gasteiger partial charge in [0, 0.05) is 26.3 Å². The lowest BCUT2D eigenvalue weighted by molar-refractivity contribution is -0.382.